The fraction of sp³-hybridized carbons (Fsp3) is 0.0417. The highest BCUT2D eigenvalue weighted by molar-refractivity contribution is 9.10. The Morgan fingerprint density at radius 2 is 1.61 bits per heavy atom. The lowest BCUT2D eigenvalue weighted by molar-refractivity contribution is -0.136. The summed E-state index contributed by atoms with van der Waals surface area (Å²) in [7, 11) is 0. The van der Waals surface area contributed by atoms with Crippen LogP contribution < -0.4 is 16.1 Å². The van der Waals surface area contributed by atoms with Crippen LogP contribution in [0.4, 0.5) is 5.69 Å². The topological polar surface area (TPSA) is 92.2 Å². The van der Waals surface area contributed by atoms with E-state index in [1.54, 1.807) is 42.5 Å². The molecule has 9 heteroatoms. The number of anilines is 1. The van der Waals surface area contributed by atoms with E-state index in [-0.39, 0.29) is 12.2 Å². The average Bonchev–Trinajstić information content (AvgIpc) is 3.17. The van der Waals surface area contributed by atoms with Crippen molar-refractivity contribution in [1.82, 2.24) is 9.99 Å². The molecule has 33 heavy (non-hydrogen) atoms. The third-order valence-electron chi connectivity index (χ3n) is 4.81. The van der Waals surface area contributed by atoms with Crippen LogP contribution in [0.2, 0.25) is 5.02 Å². The average molecular weight is 526 g/mol. The fourth-order valence-corrected chi connectivity index (χ4v) is 3.72. The van der Waals surface area contributed by atoms with Crippen molar-refractivity contribution in [3.05, 3.63) is 99.6 Å². The molecule has 1 heterocycles. The number of hydrogen-bond donors (Lipinski definition) is 3. The first-order chi connectivity index (χ1) is 15.9. The van der Waals surface area contributed by atoms with Crippen molar-refractivity contribution < 1.29 is 14.4 Å². The predicted octanol–water partition coefficient (Wildman–Crippen LogP) is 4.70. The van der Waals surface area contributed by atoms with E-state index in [4.69, 9.17) is 11.6 Å². The molecule has 0 unspecified atom stereocenters. The van der Waals surface area contributed by atoms with Crippen LogP contribution in [-0.2, 0) is 16.1 Å². The lowest BCUT2D eigenvalue weighted by Gasteiger charge is -2.13. The van der Waals surface area contributed by atoms with E-state index >= 15 is 0 Å². The lowest BCUT2D eigenvalue weighted by atomic mass is 10.2. The Balaban J connectivity index is 1.57. The first-order valence-corrected chi connectivity index (χ1v) is 11.1. The van der Waals surface area contributed by atoms with E-state index in [2.05, 4.69) is 32.0 Å². The maximum Gasteiger partial charge on any atom is 0.328 e. The molecule has 4 aromatic rings. The summed E-state index contributed by atoms with van der Waals surface area (Å²) in [6.45, 7) is 0.205. The third kappa shape index (κ3) is 5.42. The second kappa shape index (κ2) is 9.89. The molecule has 0 fully saturated rings. The predicted molar refractivity (Wildman–Crippen MR) is 132 cm³/mol. The molecule has 3 N–H and O–H groups in total. The maximum absolute atomic E-state index is 13.0. The van der Waals surface area contributed by atoms with Crippen molar-refractivity contribution in [2.45, 2.75) is 6.54 Å². The van der Waals surface area contributed by atoms with Crippen molar-refractivity contribution >= 4 is 61.8 Å². The van der Waals surface area contributed by atoms with Crippen LogP contribution >= 0.6 is 27.5 Å². The SMILES string of the molecule is O=C(NCc1ccccc1)C(=O)Nn1c(C(=O)Nc2ccc(Cl)cc2)cc2cc(Br)ccc21. The monoisotopic (exact) mass is 524 g/mol. The number of benzene rings is 3. The van der Waals surface area contributed by atoms with Gasteiger partial charge in [-0.15, -0.1) is 0 Å². The summed E-state index contributed by atoms with van der Waals surface area (Å²) in [4.78, 5) is 38.0. The summed E-state index contributed by atoms with van der Waals surface area (Å²) in [6, 6.07) is 22.8. The van der Waals surface area contributed by atoms with Gasteiger partial charge in [0.15, 0.2) is 0 Å². The van der Waals surface area contributed by atoms with Gasteiger partial charge in [0.1, 0.15) is 5.69 Å². The molecular formula is C24H18BrClN4O3. The molecule has 1 aromatic heterocycles. The van der Waals surface area contributed by atoms with Crippen LogP contribution in [0.25, 0.3) is 10.9 Å². The van der Waals surface area contributed by atoms with Crippen LogP contribution in [0.5, 0.6) is 0 Å². The second-order valence-corrected chi connectivity index (χ2v) is 8.49. The molecule has 166 valence electrons. The lowest BCUT2D eigenvalue weighted by Crippen LogP contribution is -2.39. The number of amides is 3. The standard InChI is InChI=1S/C24H18BrClN4O3/c25-17-6-11-20-16(12-17)13-21(22(31)28-19-9-7-18(26)8-10-19)30(20)29-24(33)23(32)27-14-15-4-2-1-3-5-15/h1-13H,14H2,(H,27,32)(H,28,31)(H,29,33). The Kier molecular flexibility index (Phi) is 6.76. The first-order valence-electron chi connectivity index (χ1n) is 9.92. The highest BCUT2D eigenvalue weighted by Crippen LogP contribution is 2.24. The number of aromatic nitrogens is 1. The molecular weight excluding hydrogens is 508 g/mol. The van der Waals surface area contributed by atoms with Gasteiger partial charge in [0.05, 0.1) is 5.52 Å². The van der Waals surface area contributed by atoms with Gasteiger partial charge in [-0.2, -0.15) is 0 Å². The number of nitrogens with zero attached hydrogens (tertiary/aromatic N) is 1. The minimum Gasteiger partial charge on any atom is -0.344 e. The van der Waals surface area contributed by atoms with E-state index in [9.17, 15) is 14.4 Å². The van der Waals surface area contributed by atoms with Gasteiger partial charge in [-0.1, -0.05) is 57.9 Å². The highest BCUT2D eigenvalue weighted by Gasteiger charge is 2.21. The summed E-state index contributed by atoms with van der Waals surface area (Å²) in [5.41, 5.74) is 4.64. The van der Waals surface area contributed by atoms with Gasteiger partial charge in [0.2, 0.25) is 0 Å². The van der Waals surface area contributed by atoms with Crippen LogP contribution in [0.15, 0.2) is 83.3 Å². The zero-order valence-corrected chi connectivity index (χ0v) is 19.5. The van der Waals surface area contributed by atoms with Gasteiger partial charge in [-0.25, -0.2) is 4.68 Å². The number of carbonyl (C=O) groups is 3. The van der Waals surface area contributed by atoms with Gasteiger partial charge >= 0.3 is 11.8 Å². The molecule has 0 saturated carbocycles. The first kappa shape index (κ1) is 22.6. The number of halogens is 2. The molecule has 0 atom stereocenters. The van der Waals surface area contributed by atoms with Gasteiger partial charge < -0.3 is 10.6 Å². The summed E-state index contributed by atoms with van der Waals surface area (Å²) in [6.07, 6.45) is 0. The summed E-state index contributed by atoms with van der Waals surface area (Å²) in [5.74, 6) is -2.18. The fourth-order valence-electron chi connectivity index (χ4n) is 3.21. The zero-order chi connectivity index (χ0) is 23.4. The van der Waals surface area contributed by atoms with E-state index in [1.165, 1.54) is 4.68 Å². The van der Waals surface area contributed by atoms with Gasteiger partial charge in [-0.3, -0.25) is 19.8 Å². The quantitative estimate of drug-likeness (QED) is 0.330. The minimum atomic E-state index is -0.896. The Bertz CT molecular complexity index is 1340. The van der Waals surface area contributed by atoms with Crippen LogP contribution in [-0.4, -0.2) is 22.4 Å². The molecule has 0 bridgehead atoms. The highest BCUT2D eigenvalue weighted by atomic mass is 79.9. The zero-order valence-electron chi connectivity index (χ0n) is 17.1. The minimum absolute atomic E-state index is 0.155. The maximum atomic E-state index is 13.0. The molecule has 0 radical (unpaired) electrons. The van der Waals surface area contributed by atoms with Gasteiger partial charge in [-0.05, 0) is 54.1 Å². The molecule has 0 aliphatic rings. The Labute approximate surface area is 202 Å². The molecule has 0 aliphatic carbocycles. The van der Waals surface area contributed by atoms with E-state index < -0.39 is 17.7 Å². The van der Waals surface area contributed by atoms with Crippen molar-refractivity contribution in [2.75, 3.05) is 10.7 Å². The Hall–Kier alpha value is -3.62. The van der Waals surface area contributed by atoms with E-state index in [0.29, 0.717) is 21.6 Å². The molecule has 0 aliphatic heterocycles. The van der Waals surface area contributed by atoms with Crippen LogP contribution in [0, 0.1) is 0 Å². The normalized spacial score (nSPS) is 10.6. The van der Waals surface area contributed by atoms with Crippen LogP contribution in [0.3, 0.4) is 0 Å². The number of rotatable bonds is 5. The van der Waals surface area contributed by atoms with E-state index in [1.807, 2.05) is 36.4 Å². The molecule has 3 aromatic carbocycles. The smallest absolute Gasteiger partial charge is 0.328 e. The van der Waals surface area contributed by atoms with Crippen molar-refractivity contribution in [2.24, 2.45) is 0 Å². The van der Waals surface area contributed by atoms with Crippen molar-refractivity contribution in [3.8, 4) is 0 Å². The molecule has 0 spiro atoms. The van der Waals surface area contributed by atoms with Gasteiger partial charge in [0, 0.05) is 27.1 Å². The number of nitrogens with one attached hydrogen (secondary N) is 3. The summed E-state index contributed by atoms with van der Waals surface area (Å²) in [5, 5.41) is 6.59. The van der Waals surface area contributed by atoms with Crippen molar-refractivity contribution in [1.29, 1.82) is 0 Å². The number of hydrogen-bond acceptors (Lipinski definition) is 3. The molecule has 7 nitrogen and oxygen atoms in total. The van der Waals surface area contributed by atoms with Gasteiger partial charge in [0.25, 0.3) is 5.91 Å². The molecule has 3 amide bonds. The third-order valence-corrected chi connectivity index (χ3v) is 5.56. The Morgan fingerprint density at radius 1 is 0.879 bits per heavy atom. The Morgan fingerprint density at radius 3 is 2.33 bits per heavy atom. The van der Waals surface area contributed by atoms with Crippen molar-refractivity contribution in [3.63, 3.8) is 0 Å². The largest absolute Gasteiger partial charge is 0.344 e. The molecule has 4 rings (SSSR count). The summed E-state index contributed by atoms with van der Waals surface area (Å²) >= 11 is 9.31. The second-order valence-electron chi connectivity index (χ2n) is 7.14. The molecule has 0 saturated heterocycles. The number of carbonyl (C=O) groups excluding carboxylic acids is 3. The van der Waals surface area contributed by atoms with E-state index in [0.717, 1.165) is 10.0 Å². The summed E-state index contributed by atoms with van der Waals surface area (Å²) < 4.78 is 2.11. The van der Waals surface area contributed by atoms with Crippen LogP contribution in [0.1, 0.15) is 16.1 Å². The number of fused-ring (bicyclic) bond motifs is 1.